The van der Waals surface area contributed by atoms with Crippen LogP contribution in [0, 0.1) is 0 Å². The first kappa shape index (κ1) is 16.4. The first-order valence-corrected chi connectivity index (χ1v) is 8.18. The van der Waals surface area contributed by atoms with Crippen LogP contribution >= 0.6 is 12.4 Å². The smallest absolute Gasteiger partial charge is 0.257 e. The zero-order chi connectivity index (χ0) is 14.9. The number of hydrogen-bond acceptors (Lipinski definition) is 5. The SMILES string of the molecule is CN1CCNCC1c1noc(-c2ccc3c(c2)CCCC3)n1.Cl. The van der Waals surface area contributed by atoms with Gasteiger partial charge in [0.25, 0.3) is 5.89 Å². The fourth-order valence-electron chi connectivity index (χ4n) is 3.45. The van der Waals surface area contributed by atoms with E-state index in [1.54, 1.807) is 0 Å². The van der Waals surface area contributed by atoms with Gasteiger partial charge in [0.15, 0.2) is 5.82 Å². The summed E-state index contributed by atoms with van der Waals surface area (Å²) >= 11 is 0. The van der Waals surface area contributed by atoms with Gasteiger partial charge in [-0.25, -0.2) is 0 Å². The molecule has 124 valence electrons. The molecule has 1 aromatic carbocycles. The van der Waals surface area contributed by atoms with Gasteiger partial charge in [-0.1, -0.05) is 11.2 Å². The lowest BCUT2D eigenvalue weighted by Crippen LogP contribution is -2.44. The number of benzene rings is 1. The Morgan fingerprint density at radius 2 is 2.04 bits per heavy atom. The predicted octanol–water partition coefficient (Wildman–Crippen LogP) is 2.61. The molecule has 4 rings (SSSR count). The number of halogens is 1. The Morgan fingerprint density at radius 3 is 2.87 bits per heavy atom. The fourth-order valence-corrected chi connectivity index (χ4v) is 3.45. The summed E-state index contributed by atoms with van der Waals surface area (Å²) in [5, 5.41) is 7.60. The van der Waals surface area contributed by atoms with Crippen LogP contribution in [0.1, 0.15) is 35.8 Å². The van der Waals surface area contributed by atoms with E-state index < -0.39 is 0 Å². The van der Waals surface area contributed by atoms with Crippen LogP contribution in [0.4, 0.5) is 0 Å². The number of nitrogens with zero attached hydrogens (tertiary/aromatic N) is 3. The third-order valence-corrected chi connectivity index (χ3v) is 4.85. The highest BCUT2D eigenvalue weighted by atomic mass is 35.5. The van der Waals surface area contributed by atoms with Crippen LogP contribution in [-0.4, -0.2) is 41.7 Å². The molecule has 0 saturated carbocycles. The first-order valence-electron chi connectivity index (χ1n) is 8.18. The lowest BCUT2D eigenvalue weighted by molar-refractivity contribution is 0.190. The topological polar surface area (TPSA) is 54.2 Å². The van der Waals surface area contributed by atoms with E-state index in [0.29, 0.717) is 5.89 Å². The number of aryl methyl sites for hydroxylation is 2. The summed E-state index contributed by atoms with van der Waals surface area (Å²) < 4.78 is 5.53. The molecule has 2 aliphatic rings. The van der Waals surface area contributed by atoms with Gasteiger partial charge in [-0.3, -0.25) is 4.90 Å². The lowest BCUT2D eigenvalue weighted by Gasteiger charge is -2.30. The van der Waals surface area contributed by atoms with Gasteiger partial charge in [-0.2, -0.15) is 4.98 Å². The molecule has 1 saturated heterocycles. The number of fused-ring (bicyclic) bond motifs is 1. The summed E-state index contributed by atoms with van der Waals surface area (Å²) in [5.74, 6) is 1.42. The first-order chi connectivity index (χ1) is 10.8. The molecule has 1 atom stereocenters. The van der Waals surface area contributed by atoms with Gasteiger partial charge in [0.1, 0.15) is 0 Å². The van der Waals surface area contributed by atoms with E-state index in [0.717, 1.165) is 31.0 Å². The van der Waals surface area contributed by atoms with E-state index in [4.69, 9.17) is 4.52 Å². The number of rotatable bonds is 2. The van der Waals surface area contributed by atoms with Crippen LogP contribution in [0.25, 0.3) is 11.5 Å². The Hall–Kier alpha value is -1.43. The van der Waals surface area contributed by atoms with E-state index >= 15 is 0 Å². The maximum atomic E-state index is 5.53. The number of nitrogens with one attached hydrogen (secondary N) is 1. The minimum atomic E-state index is 0. The summed E-state index contributed by atoms with van der Waals surface area (Å²) in [7, 11) is 2.11. The zero-order valence-electron chi connectivity index (χ0n) is 13.4. The molecule has 1 N–H and O–H groups in total. The fraction of sp³-hybridized carbons (Fsp3) is 0.529. The van der Waals surface area contributed by atoms with E-state index in [-0.39, 0.29) is 18.4 Å². The average Bonchev–Trinajstić information content (AvgIpc) is 3.04. The zero-order valence-corrected chi connectivity index (χ0v) is 14.2. The highest BCUT2D eigenvalue weighted by molar-refractivity contribution is 5.85. The van der Waals surface area contributed by atoms with Crippen molar-refractivity contribution in [2.24, 2.45) is 0 Å². The van der Waals surface area contributed by atoms with Crippen molar-refractivity contribution in [2.75, 3.05) is 26.7 Å². The van der Waals surface area contributed by atoms with Crippen molar-refractivity contribution in [1.29, 1.82) is 0 Å². The molecule has 1 aromatic heterocycles. The molecular formula is C17H23ClN4O. The third-order valence-electron chi connectivity index (χ3n) is 4.85. The van der Waals surface area contributed by atoms with Crippen LogP contribution in [0.2, 0.25) is 0 Å². The largest absolute Gasteiger partial charge is 0.334 e. The summed E-state index contributed by atoms with van der Waals surface area (Å²) in [6.07, 6.45) is 4.95. The number of piperazine rings is 1. The Kier molecular flexibility index (Phi) is 4.99. The van der Waals surface area contributed by atoms with Crippen molar-refractivity contribution in [3.8, 4) is 11.5 Å². The minimum absolute atomic E-state index is 0. The van der Waals surface area contributed by atoms with Gasteiger partial charge in [0.2, 0.25) is 0 Å². The molecule has 0 radical (unpaired) electrons. The Bertz CT molecular complexity index is 672. The van der Waals surface area contributed by atoms with Gasteiger partial charge in [0, 0.05) is 25.2 Å². The second-order valence-electron chi connectivity index (χ2n) is 6.35. The van der Waals surface area contributed by atoms with Gasteiger partial charge in [-0.05, 0) is 56.0 Å². The van der Waals surface area contributed by atoms with Crippen molar-refractivity contribution >= 4 is 12.4 Å². The number of likely N-dealkylation sites (N-methyl/N-ethyl adjacent to an activating group) is 1. The van der Waals surface area contributed by atoms with E-state index in [2.05, 4.69) is 45.6 Å². The summed E-state index contributed by atoms with van der Waals surface area (Å²) in [4.78, 5) is 6.92. The van der Waals surface area contributed by atoms with Crippen LogP contribution in [0.3, 0.4) is 0 Å². The quantitative estimate of drug-likeness (QED) is 0.915. The minimum Gasteiger partial charge on any atom is -0.334 e. The Balaban J connectivity index is 0.00000156. The van der Waals surface area contributed by atoms with Gasteiger partial charge < -0.3 is 9.84 Å². The molecule has 23 heavy (non-hydrogen) atoms. The molecule has 0 amide bonds. The monoisotopic (exact) mass is 334 g/mol. The van der Waals surface area contributed by atoms with Crippen molar-refractivity contribution in [3.63, 3.8) is 0 Å². The maximum Gasteiger partial charge on any atom is 0.257 e. The summed E-state index contributed by atoms with van der Waals surface area (Å²) in [5.41, 5.74) is 3.97. The summed E-state index contributed by atoms with van der Waals surface area (Å²) in [6.45, 7) is 2.90. The average molecular weight is 335 g/mol. The van der Waals surface area contributed by atoms with Crippen LogP contribution in [0.15, 0.2) is 22.7 Å². The summed E-state index contributed by atoms with van der Waals surface area (Å²) in [6, 6.07) is 6.77. The molecular weight excluding hydrogens is 312 g/mol. The van der Waals surface area contributed by atoms with Gasteiger partial charge in [0.05, 0.1) is 6.04 Å². The van der Waals surface area contributed by atoms with Crippen molar-refractivity contribution in [3.05, 3.63) is 35.2 Å². The molecule has 6 heteroatoms. The van der Waals surface area contributed by atoms with Crippen LogP contribution < -0.4 is 5.32 Å². The van der Waals surface area contributed by atoms with Crippen LogP contribution in [-0.2, 0) is 12.8 Å². The third kappa shape index (κ3) is 3.27. The molecule has 0 spiro atoms. The number of aromatic nitrogens is 2. The predicted molar refractivity (Wildman–Crippen MR) is 91.9 cm³/mol. The Labute approximate surface area is 142 Å². The molecule has 0 bridgehead atoms. The molecule has 5 nitrogen and oxygen atoms in total. The second-order valence-corrected chi connectivity index (χ2v) is 6.35. The second kappa shape index (κ2) is 6.99. The van der Waals surface area contributed by atoms with E-state index in [1.165, 1.54) is 36.8 Å². The van der Waals surface area contributed by atoms with Crippen molar-refractivity contribution in [1.82, 2.24) is 20.4 Å². The van der Waals surface area contributed by atoms with Gasteiger partial charge >= 0.3 is 0 Å². The van der Waals surface area contributed by atoms with E-state index in [9.17, 15) is 0 Å². The van der Waals surface area contributed by atoms with Gasteiger partial charge in [-0.15, -0.1) is 12.4 Å². The number of hydrogen-bond donors (Lipinski definition) is 1. The molecule has 1 unspecified atom stereocenters. The highest BCUT2D eigenvalue weighted by Crippen LogP contribution is 2.28. The van der Waals surface area contributed by atoms with Crippen molar-refractivity contribution < 1.29 is 4.52 Å². The normalized spacial score (nSPS) is 21.5. The maximum absolute atomic E-state index is 5.53. The molecule has 2 aromatic rings. The van der Waals surface area contributed by atoms with Crippen molar-refractivity contribution in [2.45, 2.75) is 31.7 Å². The Morgan fingerprint density at radius 1 is 1.22 bits per heavy atom. The molecule has 1 aliphatic heterocycles. The molecule has 1 fully saturated rings. The van der Waals surface area contributed by atoms with E-state index in [1.807, 2.05) is 0 Å². The highest BCUT2D eigenvalue weighted by Gasteiger charge is 2.25. The molecule has 2 heterocycles. The standard InChI is InChI=1S/C17H22N4O.ClH/c1-21-9-8-18-11-15(21)16-19-17(22-20-16)14-7-6-12-4-2-3-5-13(12)10-14;/h6-7,10,15,18H,2-5,8-9,11H2,1H3;1H. The molecule has 1 aliphatic carbocycles. The lowest BCUT2D eigenvalue weighted by atomic mass is 9.90. The van der Waals surface area contributed by atoms with Crippen LogP contribution in [0.5, 0.6) is 0 Å².